The van der Waals surface area contributed by atoms with Gasteiger partial charge in [-0.25, -0.2) is 0 Å². The summed E-state index contributed by atoms with van der Waals surface area (Å²) in [6.07, 6.45) is 1.50. The lowest BCUT2D eigenvalue weighted by atomic mass is 10.2. The Morgan fingerprint density at radius 2 is 1.81 bits per heavy atom. The van der Waals surface area contributed by atoms with E-state index in [0.717, 1.165) is 22.8 Å². The maximum atomic E-state index is 5.42. The standard InChI is InChI=1S/C11H12O3.C2H6/c1-4-8-5-10-11(6-9(8)12-3)14-7(2)13-10;1-2/h4-7H,1H2,2-3H3;1-2H3. The average molecular weight is 222 g/mol. The summed E-state index contributed by atoms with van der Waals surface area (Å²) in [6.45, 7) is 9.55. The van der Waals surface area contributed by atoms with E-state index in [1.54, 1.807) is 13.2 Å². The van der Waals surface area contributed by atoms with Crippen molar-refractivity contribution >= 4 is 6.08 Å². The van der Waals surface area contributed by atoms with E-state index in [-0.39, 0.29) is 6.29 Å². The molecule has 0 aromatic heterocycles. The summed E-state index contributed by atoms with van der Waals surface area (Å²) in [4.78, 5) is 0. The summed E-state index contributed by atoms with van der Waals surface area (Å²) in [5.41, 5.74) is 0.906. The number of hydrogen-bond acceptors (Lipinski definition) is 3. The molecule has 0 amide bonds. The highest BCUT2D eigenvalue weighted by Crippen LogP contribution is 2.40. The van der Waals surface area contributed by atoms with E-state index in [1.807, 2.05) is 32.9 Å². The minimum Gasteiger partial charge on any atom is -0.496 e. The van der Waals surface area contributed by atoms with Gasteiger partial charge in [-0.15, -0.1) is 0 Å². The Bertz CT molecular complexity index is 372. The van der Waals surface area contributed by atoms with E-state index in [9.17, 15) is 0 Å². The van der Waals surface area contributed by atoms with Crippen LogP contribution in [0.2, 0.25) is 0 Å². The second-order valence-corrected chi connectivity index (χ2v) is 3.05. The minimum absolute atomic E-state index is 0.227. The molecule has 1 atom stereocenters. The third kappa shape index (κ3) is 2.30. The predicted octanol–water partition coefficient (Wildman–Crippen LogP) is 3.48. The Labute approximate surface area is 96.6 Å². The smallest absolute Gasteiger partial charge is 0.238 e. The fourth-order valence-corrected chi connectivity index (χ4v) is 1.46. The molecule has 1 aromatic carbocycles. The maximum Gasteiger partial charge on any atom is 0.238 e. The van der Waals surface area contributed by atoms with Crippen LogP contribution >= 0.6 is 0 Å². The molecule has 0 saturated heterocycles. The van der Waals surface area contributed by atoms with Gasteiger partial charge in [0.2, 0.25) is 6.29 Å². The van der Waals surface area contributed by atoms with Crippen molar-refractivity contribution in [3.05, 3.63) is 24.3 Å². The van der Waals surface area contributed by atoms with Gasteiger partial charge < -0.3 is 14.2 Å². The van der Waals surface area contributed by atoms with Gasteiger partial charge in [0.05, 0.1) is 7.11 Å². The summed E-state index contributed by atoms with van der Waals surface area (Å²) < 4.78 is 16.0. The highest BCUT2D eigenvalue weighted by atomic mass is 16.7. The Morgan fingerprint density at radius 1 is 1.25 bits per heavy atom. The van der Waals surface area contributed by atoms with E-state index in [2.05, 4.69) is 6.58 Å². The average Bonchev–Trinajstić information content (AvgIpc) is 2.68. The van der Waals surface area contributed by atoms with Crippen LogP contribution in [-0.2, 0) is 0 Å². The van der Waals surface area contributed by atoms with Crippen LogP contribution in [0.1, 0.15) is 26.3 Å². The minimum atomic E-state index is -0.227. The quantitative estimate of drug-likeness (QED) is 0.766. The van der Waals surface area contributed by atoms with Crippen LogP contribution in [0.5, 0.6) is 17.2 Å². The van der Waals surface area contributed by atoms with Gasteiger partial charge in [0.15, 0.2) is 11.5 Å². The maximum absolute atomic E-state index is 5.42. The normalized spacial score (nSPS) is 16.1. The molecule has 0 aliphatic carbocycles. The molecular formula is C13H18O3. The van der Waals surface area contributed by atoms with E-state index in [4.69, 9.17) is 14.2 Å². The summed E-state index contributed by atoms with van der Waals surface area (Å²) in [6, 6.07) is 3.68. The van der Waals surface area contributed by atoms with Gasteiger partial charge in [0, 0.05) is 18.6 Å². The molecule has 0 N–H and O–H groups in total. The second kappa shape index (κ2) is 5.45. The fraction of sp³-hybridized carbons (Fsp3) is 0.385. The van der Waals surface area contributed by atoms with E-state index in [1.165, 1.54) is 0 Å². The molecule has 0 fully saturated rings. The van der Waals surface area contributed by atoms with Crippen LogP contribution in [0.4, 0.5) is 0 Å². The molecule has 3 nitrogen and oxygen atoms in total. The van der Waals surface area contributed by atoms with E-state index < -0.39 is 0 Å². The lowest BCUT2D eigenvalue weighted by Gasteiger charge is -2.05. The van der Waals surface area contributed by atoms with E-state index in [0.29, 0.717) is 0 Å². The Kier molecular flexibility index (Phi) is 4.23. The zero-order valence-corrected chi connectivity index (χ0v) is 10.2. The molecule has 3 heteroatoms. The van der Waals surface area contributed by atoms with Gasteiger partial charge in [0.1, 0.15) is 5.75 Å². The summed E-state index contributed by atoms with van der Waals surface area (Å²) in [7, 11) is 1.62. The number of methoxy groups -OCH3 is 1. The van der Waals surface area contributed by atoms with Crippen molar-refractivity contribution in [2.24, 2.45) is 0 Å². The third-order valence-electron chi connectivity index (χ3n) is 2.10. The molecular weight excluding hydrogens is 204 g/mol. The zero-order chi connectivity index (χ0) is 12.1. The van der Waals surface area contributed by atoms with Crippen molar-refractivity contribution in [2.45, 2.75) is 27.1 Å². The number of rotatable bonds is 2. The summed E-state index contributed by atoms with van der Waals surface area (Å²) in [5, 5.41) is 0. The van der Waals surface area contributed by atoms with Crippen molar-refractivity contribution in [2.75, 3.05) is 7.11 Å². The third-order valence-corrected chi connectivity index (χ3v) is 2.10. The number of fused-ring (bicyclic) bond motifs is 1. The molecule has 16 heavy (non-hydrogen) atoms. The number of benzene rings is 1. The van der Waals surface area contributed by atoms with Crippen LogP contribution in [0, 0.1) is 0 Å². The summed E-state index contributed by atoms with van der Waals surface area (Å²) >= 11 is 0. The first-order valence-electron chi connectivity index (χ1n) is 5.42. The molecule has 88 valence electrons. The SMILES string of the molecule is C=Cc1cc2c(cc1OC)OC(C)O2.CC. The highest BCUT2D eigenvalue weighted by Gasteiger charge is 2.21. The van der Waals surface area contributed by atoms with Crippen LogP contribution in [0.3, 0.4) is 0 Å². The molecule has 0 saturated carbocycles. The number of hydrogen-bond donors (Lipinski definition) is 0. The lowest BCUT2D eigenvalue weighted by molar-refractivity contribution is 0.0678. The topological polar surface area (TPSA) is 27.7 Å². The van der Waals surface area contributed by atoms with Crippen molar-refractivity contribution in [1.82, 2.24) is 0 Å². The van der Waals surface area contributed by atoms with Crippen LogP contribution in [0.25, 0.3) is 6.08 Å². The van der Waals surface area contributed by atoms with Gasteiger partial charge in [-0.05, 0) is 6.07 Å². The van der Waals surface area contributed by atoms with Crippen molar-refractivity contribution in [3.63, 3.8) is 0 Å². The van der Waals surface area contributed by atoms with Crippen LogP contribution < -0.4 is 14.2 Å². The lowest BCUT2D eigenvalue weighted by Crippen LogP contribution is -2.11. The molecule has 0 bridgehead atoms. The van der Waals surface area contributed by atoms with Crippen molar-refractivity contribution < 1.29 is 14.2 Å². The fourth-order valence-electron chi connectivity index (χ4n) is 1.46. The second-order valence-electron chi connectivity index (χ2n) is 3.05. The van der Waals surface area contributed by atoms with Gasteiger partial charge in [0.25, 0.3) is 0 Å². The Hall–Kier alpha value is -1.64. The molecule has 2 rings (SSSR count). The molecule has 1 aliphatic heterocycles. The van der Waals surface area contributed by atoms with Gasteiger partial charge in [-0.2, -0.15) is 0 Å². The molecule has 1 unspecified atom stereocenters. The van der Waals surface area contributed by atoms with Crippen LogP contribution in [-0.4, -0.2) is 13.4 Å². The molecule has 0 spiro atoms. The molecule has 1 heterocycles. The van der Waals surface area contributed by atoms with Gasteiger partial charge in [-0.1, -0.05) is 26.5 Å². The highest BCUT2D eigenvalue weighted by molar-refractivity contribution is 5.63. The van der Waals surface area contributed by atoms with Crippen LogP contribution in [0.15, 0.2) is 18.7 Å². The number of ether oxygens (including phenoxy) is 3. The predicted molar refractivity (Wildman–Crippen MR) is 65.2 cm³/mol. The first-order valence-corrected chi connectivity index (χ1v) is 5.42. The zero-order valence-electron chi connectivity index (χ0n) is 10.2. The summed E-state index contributed by atoms with van der Waals surface area (Å²) in [5.74, 6) is 2.21. The largest absolute Gasteiger partial charge is 0.496 e. The molecule has 1 aliphatic rings. The Morgan fingerprint density at radius 3 is 2.31 bits per heavy atom. The first-order chi connectivity index (χ1) is 7.74. The van der Waals surface area contributed by atoms with E-state index >= 15 is 0 Å². The van der Waals surface area contributed by atoms with Crippen molar-refractivity contribution in [1.29, 1.82) is 0 Å². The van der Waals surface area contributed by atoms with Gasteiger partial charge >= 0.3 is 0 Å². The monoisotopic (exact) mass is 222 g/mol. The molecule has 0 radical (unpaired) electrons. The Balaban J connectivity index is 0.000000606. The molecule has 1 aromatic rings. The van der Waals surface area contributed by atoms with Crippen molar-refractivity contribution in [3.8, 4) is 17.2 Å². The van der Waals surface area contributed by atoms with Gasteiger partial charge in [-0.3, -0.25) is 0 Å². The first kappa shape index (κ1) is 12.4.